The maximum Gasteiger partial charge on any atom is 0.0894 e. The summed E-state index contributed by atoms with van der Waals surface area (Å²) in [4.78, 5) is 0. The van der Waals surface area contributed by atoms with Crippen molar-refractivity contribution in [2.45, 2.75) is 24.4 Å². The molecule has 0 heterocycles. The first kappa shape index (κ1) is 19.6. The Morgan fingerprint density at radius 3 is 0.688 bits per heavy atom. The van der Waals surface area contributed by atoms with Crippen LogP contribution in [0.4, 0.5) is 0 Å². The molecule has 16 heavy (non-hydrogen) atoms. The quantitative estimate of drug-likeness (QED) is 0.307. The van der Waals surface area contributed by atoms with Gasteiger partial charge in [0.05, 0.1) is 24.4 Å². The van der Waals surface area contributed by atoms with E-state index in [9.17, 15) is 0 Å². The number of aliphatic hydroxyl groups is 4. The molecule has 0 fully saturated rings. The van der Waals surface area contributed by atoms with Gasteiger partial charge in [0.2, 0.25) is 0 Å². The highest BCUT2D eigenvalue weighted by molar-refractivity contribution is 7.80. The van der Waals surface area contributed by atoms with Gasteiger partial charge in [-0.1, -0.05) is 0 Å². The smallest absolute Gasteiger partial charge is 0.0894 e. The van der Waals surface area contributed by atoms with E-state index in [0.29, 0.717) is 0 Å². The molecule has 0 aliphatic carbocycles. The van der Waals surface area contributed by atoms with Crippen LogP contribution in [0.3, 0.4) is 0 Å². The average Bonchev–Trinajstić information content (AvgIpc) is 2.35. The summed E-state index contributed by atoms with van der Waals surface area (Å²) in [5.41, 5.74) is 0. The molecule has 0 aliphatic rings. The lowest BCUT2D eigenvalue weighted by Gasteiger charge is -2.11. The molecule has 0 saturated carbocycles. The maximum absolute atomic E-state index is 8.75. The van der Waals surface area contributed by atoms with Gasteiger partial charge in [-0.05, 0) is 0 Å². The van der Waals surface area contributed by atoms with E-state index in [1.54, 1.807) is 0 Å². The Bertz CT molecular complexity index is 120. The molecule has 8 heteroatoms. The van der Waals surface area contributed by atoms with Crippen molar-refractivity contribution in [3.05, 3.63) is 0 Å². The Balaban J connectivity index is 0. The number of thiol groups is 4. The topological polar surface area (TPSA) is 80.9 Å². The van der Waals surface area contributed by atoms with Crippen molar-refractivity contribution >= 4 is 50.5 Å². The fourth-order valence-corrected chi connectivity index (χ4v) is 1.46. The molecule has 0 saturated heterocycles. The van der Waals surface area contributed by atoms with E-state index < -0.39 is 24.4 Å². The number of rotatable bonds is 6. The Kier molecular flexibility index (Phi) is 15.5. The summed E-state index contributed by atoms with van der Waals surface area (Å²) in [6.07, 6.45) is -2.96. The summed E-state index contributed by atoms with van der Waals surface area (Å²) < 4.78 is 0. The minimum absolute atomic E-state index is 0.279. The lowest BCUT2D eigenvalue weighted by molar-refractivity contribution is 0.0504. The highest BCUT2D eigenvalue weighted by Gasteiger charge is 2.11. The van der Waals surface area contributed by atoms with Crippen molar-refractivity contribution in [2.75, 3.05) is 23.0 Å². The minimum atomic E-state index is -0.740. The van der Waals surface area contributed by atoms with Crippen LogP contribution in [-0.2, 0) is 0 Å². The van der Waals surface area contributed by atoms with Crippen LogP contribution in [0.1, 0.15) is 0 Å². The van der Waals surface area contributed by atoms with E-state index in [2.05, 4.69) is 50.5 Å². The van der Waals surface area contributed by atoms with Crippen LogP contribution in [0, 0.1) is 0 Å². The van der Waals surface area contributed by atoms with Crippen molar-refractivity contribution in [1.82, 2.24) is 0 Å². The van der Waals surface area contributed by atoms with Crippen LogP contribution in [0.15, 0.2) is 0 Å². The third kappa shape index (κ3) is 10.4. The van der Waals surface area contributed by atoms with Crippen LogP contribution in [0.25, 0.3) is 0 Å². The summed E-state index contributed by atoms with van der Waals surface area (Å²) in [6, 6.07) is 0. The maximum atomic E-state index is 8.75. The molecule has 4 atom stereocenters. The van der Waals surface area contributed by atoms with Gasteiger partial charge in [0.25, 0.3) is 0 Å². The van der Waals surface area contributed by atoms with Gasteiger partial charge < -0.3 is 20.4 Å². The minimum Gasteiger partial charge on any atom is -0.390 e. The van der Waals surface area contributed by atoms with Gasteiger partial charge in [0, 0.05) is 23.0 Å². The molecular formula is C8H20O4S4. The van der Waals surface area contributed by atoms with Crippen molar-refractivity contribution in [2.24, 2.45) is 0 Å². The van der Waals surface area contributed by atoms with Gasteiger partial charge in [-0.3, -0.25) is 0 Å². The summed E-state index contributed by atoms with van der Waals surface area (Å²) in [5, 5.41) is 35.0. The van der Waals surface area contributed by atoms with Crippen LogP contribution >= 0.6 is 50.5 Å². The van der Waals surface area contributed by atoms with Crippen LogP contribution < -0.4 is 0 Å². The first-order valence-electron chi connectivity index (χ1n) is 4.60. The lowest BCUT2D eigenvalue weighted by atomic mass is 10.3. The van der Waals surface area contributed by atoms with Gasteiger partial charge in [0.15, 0.2) is 0 Å². The Hall–Kier alpha value is 1.24. The van der Waals surface area contributed by atoms with E-state index >= 15 is 0 Å². The number of aliphatic hydroxyl groups excluding tert-OH is 4. The molecule has 0 rings (SSSR count). The molecule has 100 valence electrons. The zero-order valence-corrected chi connectivity index (χ0v) is 12.3. The fraction of sp³-hybridized carbons (Fsp3) is 1.00. The highest BCUT2D eigenvalue weighted by Crippen LogP contribution is 1.97. The predicted octanol–water partition coefficient (Wildman–Crippen LogP) is -0.864. The lowest BCUT2D eigenvalue weighted by Crippen LogP contribution is -2.28. The Morgan fingerprint density at radius 1 is 0.500 bits per heavy atom. The standard InChI is InChI=1S/2C4H10O2S2/c2*5-3(1-7)4(6)2-8/h2*3-8H,1-2H2/t3-,4-;/m0./s1. The van der Waals surface area contributed by atoms with Crippen molar-refractivity contribution in [1.29, 1.82) is 0 Å². The number of hydrogen-bond donors (Lipinski definition) is 8. The van der Waals surface area contributed by atoms with Crippen LogP contribution in [0.2, 0.25) is 0 Å². The second kappa shape index (κ2) is 12.7. The molecule has 0 spiro atoms. The first-order chi connectivity index (χ1) is 7.44. The first-order valence-corrected chi connectivity index (χ1v) is 7.13. The SMILES string of the molecule is OC(CS)C(O)CS.O[C@@H](CS)[C@@H](O)CS. The summed E-state index contributed by atoms with van der Waals surface area (Å²) in [7, 11) is 0. The molecule has 4 N–H and O–H groups in total. The highest BCUT2D eigenvalue weighted by atomic mass is 32.1. The van der Waals surface area contributed by atoms with E-state index in [1.807, 2.05) is 0 Å². The van der Waals surface area contributed by atoms with Gasteiger partial charge in [0.1, 0.15) is 0 Å². The summed E-state index contributed by atoms with van der Waals surface area (Å²) in [5.74, 6) is 1.12. The van der Waals surface area contributed by atoms with Crippen molar-refractivity contribution in [3.8, 4) is 0 Å². The monoisotopic (exact) mass is 308 g/mol. The van der Waals surface area contributed by atoms with Crippen LogP contribution in [0.5, 0.6) is 0 Å². The molecule has 0 bridgehead atoms. The molecule has 4 nitrogen and oxygen atoms in total. The van der Waals surface area contributed by atoms with E-state index in [4.69, 9.17) is 20.4 Å². The zero-order chi connectivity index (χ0) is 13.1. The molecule has 0 aromatic heterocycles. The normalized spacial score (nSPS) is 18.0. The van der Waals surface area contributed by atoms with Gasteiger partial charge in [-0.2, -0.15) is 50.5 Å². The largest absolute Gasteiger partial charge is 0.390 e. The molecule has 0 radical (unpaired) electrons. The van der Waals surface area contributed by atoms with Crippen LogP contribution in [-0.4, -0.2) is 67.9 Å². The summed E-state index contributed by atoms with van der Waals surface area (Å²) >= 11 is 15.1. The van der Waals surface area contributed by atoms with E-state index in [1.165, 1.54) is 0 Å². The third-order valence-electron chi connectivity index (χ3n) is 1.64. The Morgan fingerprint density at radius 2 is 0.625 bits per heavy atom. The van der Waals surface area contributed by atoms with Gasteiger partial charge in [-0.15, -0.1) is 0 Å². The second-order valence-electron chi connectivity index (χ2n) is 3.00. The fourth-order valence-electron chi connectivity index (χ4n) is 0.487. The van der Waals surface area contributed by atoms with E-state index in [0.717, 1.165) is 0 Å². The van der Waals surface area contributed by atoms with Crippen molar-refractivity contribution < 1.29 is 20.4 Å². The van der Waals surface area contributed by atoms with E-state index in [-0.39, 0.29) is 23.0 Å². The average molecular weight is 309 g/mol. The van der Waals surface area contributed by atoms with Crippen molar-refractivity contribution in [3.63, 3.8) is 0 Å². The Labute approximate surface area is 118 Å². The van der Waals surface area contributed by atoms with Gasteiger partial charge >= 0.3 is 0 Å². The molecular weight excluding hydrogens is 288 g/mol. The van der Waals surface area contributed by atoms with Gasteiger partial charge in [-0.25, -0.2) is 0 Å². The number of hydrogen-bond acceptors (Lipinski definition) is 8. The third-order valence-corrected chi connectivity index (χ3v) is 3.13. The molecule has 0 aromatic rings. The molecule has 0 aliphatic heterocycles. The molecule has 2 unspecified atom stereocenters. The predicted molar refractivity (Wildman–Crippen MR) is 79.4 cm³/mol. The second-order valence-corrected chi connectivity index (χ2v) is 4.46. The summed E-state index contributed by atoms with van der Waals surface area (Å²) in [6.45, 7) is 0. The molecule has 0 amide bonds. The molecule has 0 aromatic carbocycles. The zero-order valence-electron chi connectivity index (χ0n) is 8.72.